The van der Waals surface area contributed by atoms with Crippen LogP contribution in [0.4, 0.5) is 24.5 Å². The first-order chi connectivity index (χ1) is 13.1. The number of hydrogen-bond acceptors (Lipinski definition) is 4. The molecule has 0 unspecified atom stereocenters. The Morgan fingerprint density at radius 2 is 1.79 bits per heavy atom. The van der Waals surface area contributed by atoms with Crippen molar-refractivity contribution in [2.45, 2.75) is 19.2 Å². The number of alkyl halides is 3. The molecule has 0 atom stereocenters. The van der Waals surface area contributed by atoms with Crippen LogP contribution in [-0.2, 0) is 10.0 Å². The summed E-state index contributed by atoms with van der Waals surface area (Å²) in [6, 6.07) is 10.9. The highest BCUT2D eigenvalue weighted by Crippen LogP contribution is 2.26. The summed E-state index contributed by atoms with van der Waals surface area (Å²) < 4.78 is 66.0. The van der Waals surface area contributed by atoms with Gasteiger partial charge < -0.3 is 10.1 Å². The van der Waals surface area contributed by atoms with Gasteiger partial charge >= 0.3 is 6.36 Å². The zero-order valence-corrected chi connectivity index (χ0v) is 15.4. The summed E-state index contributed by atoms with van der Waals surface area (Å²) in [6.45, 7) is 0.355. The molecule has 1 fully saturated rings. The number of sulfonamides is 1. The number of amides is 1. The highest BCUT2D eigenvalue weighted by Gasteiger charge is 2.31. The van der Waals surface area contributed by atoms with E-state index in [4.69, 9.17) is 0 Å². The van der Waals surface area contributed by atoms with Gasteiger partial charge in [0, 0.05) is 17.8 Å². The van der Waals surface area contributed by atoms with E-state index in [1.54, 1.807) is 12.1 Å². The van der Waals surface area contributed by atoms with E-state index in [1.165, 1.54) is 28.6 Å². The van der Waals surface area contributed by atoms with Crippen molar-refractivity contribution in [2.24, 2.45) is 0 Å². The normalized spacial score (nSPS) is 16.5. The van der Waals surface area contributed by atoms with E-state index in [0.717, 1.165) is 18.6 Å². The number of nitrogens with one attached hydrogen (secondary N) is 1. The number of carbonyl (C=O) groups is 1. The summed E-state index contributed by atoms with van der Waals surface area (Å²) in [7, 11) is -3.40. The number of ether oxygens (including phenoxy) is 1. The summed E-state index contributed by atoms with van der Waals surface area (Å²) in [5.74, 6) is -0.848. The average molecular weight is 414 g/mol. The van der Waals surface area contributed by atoms with Crippen molar-refractivity contribution >= 4 is 27.3 Å². The second-order valence-corrected chi connectivity index (χ2v) is 8.18. The molecule has 0 aliphatic carbocycles. The van der Waals surface area contributed by atoms with Crippen molar-refractivity contribution in [1.82, 2.24) is 0 Å². The lowest BCUT2D eigenvalue weighted by molar-refractivity contribution is -0.274. The topological polar surface area (TPSA) is 75.7 Å². The van der Waals surface area contributed by atoms with Crippen LogP contribution in [0.15, 0.2) is 48.5 Å². The standard InChI is InChI=1S/C18H17F3N2O4S/c19-18(20,21)27-16-8-6-14(7-9-16)22-17(24)13-4-3-5-15(12-13)23-10-1-2-11-28(23,25)26/h3-9,12H,1-2,10-11H2,(H,22,24). The summed E-state index contributed by atoms with van der Waals surface area (Å²) in [6.07, 6.45) is -3.45. The Labute approximate surface area is 160 Å². The quantitative estimate of drug-likeness (QED) is 0.827. The van der Waals surface area contributed by atoms with E-state index in [2.05, 4.69) is 10.1 Å². The van der Waals surface area contributed by atoms with Crippen LogP contribution in [0.2, 0.25) is 0 Å². The van der Waals surface area contributed by atoms with Gasteiger partial charge in [-0.25, -0.2) is 8.42 Å². The third kappa shape index (κ3) is 4.94. The molecule has 1 N–H and O–H groups in total. The maximum absolute atomic E-state index is 12.4. The Hall–Kier alpha value is -2.75. The monoisotopic (exact) mass is 414 g/mol. The van der Waals surface area contributed by atoms with Gasteiger partial charge in [0.1, 0.15) is 5.75 Å². The molecule has 150 valence electrons. The Morgan fingerprint density at radius 1 is 1.07 bits per heavy atom. The van der Waals surface area contributed by atoms with Gasteiger partial charge in [-0.3, -0.25) is 9.10 Å². The van der Waals surface area contributed by atoms with E-state index in [0.29, 0.717) is 18.7 Å². The van der Waals surface area contributed by atoms with E-state index in [-0.39, 0.29) is 17.0 Å². The largest absolute Gasteiger partial charge is 0.573 e. The maximum atomic E-state index is 12.4. The maximum Gasteiger partial charge on any atom is 0.573 e. The lowest BCUT2D eigenvalue weighted by atomic mass is 10.1. The summed E-state index contributed by atoms with van der Waals surface area (Å²) in [5.41, 5.74) is 0.908. The average Bonchev–Trinajstić information content (AvgIpc) is 2.62. The molecule has 0 bridgehead atoms. The van der Waals surface area contributed by atoms with Crippen LogP contribution >= 0.6 is 0 Å². The van der Waals surface area contributed by atoms with Crippen LogP contribution in [-0.4, -0.2) is 33.0 Å². The molecule has 10 heteroatoms. The smallest absolute Gasteiger partial charge is 0.406 e. The fraction of sp³-hybridized carbons (Fsp3) is 0.278. The molecule has 6 nitrogen and oxygen atoms in total. The minimum atomic E-state index is -4.79. The van der Waals surface area contributed by atoms with E-state index >= 15 is 0 Å². The lowest BCUT2D eigenvalue weighted by Gasteiger charge is -2.28. The van der Waals surface area contributed by atoms with Gasteiger partial charge in [0.2, 0.25) is 10.0 Å². The third-order valence-corrected chi connectivity index (χ3v) is 5.96. The van der Waals surface area contributed by atoms with Crippen LogP contribution < -0.4 is 14.4 Å². The van der Waals surface area contributed by atoms with Crippen molar-refractivity contribution in [2.75, 3.05) is 21.9 Å². The molecule has 0 radical (unpaired) electrons. The van der Waals surface area contributed by atoms with E-state index in [9.17, 15) is 26.4 Å². The van der Waals surface area contributed by atoms with E-state index < -0.39 is 28.0 Å². The molecule has 2 aromatic carbocycles. The van der Waals surface area contributed by atoms with Crippen LogP contribution in [0.25, 0.3) is 0 Å². The summed E-state index contributed by atoms with van der Waals surface area (Å²) in [4.78, 5) is 12.4. The van der Waals surface area contributed by atoms with Crippen molar-refractivity contribution in [3.8, 4) is 5.75 Å². The number of halogens is 3. The molecule has 0 saturated carbocycles. The second kappa shape index (κ2) is 7.70. The summed E-state index contributed by atoms with van der Waals surface area (Å²) in [5, 5.41) is 2.56. The van der Waals surface area contributed by atoms with Gasteiger partial charge in [-0.15, -0.1) is 13.2 Å². The Kier molecular flexibility index (Phi) is 5.50. The molecule has 1 aliphatic heterocycles. The molecule has 3 rings (SSSR count). The number of hydrogen-bond donors (Lipinski definition) is 1. The van der Waals surface area contributed by atoms with Crippen LogP contribution in [0, 0.1) is 0 Å². The molecule has 28 heavy (non-hydrogen) atoms. The SMILES string of the molecule is O=C(Nc1ccc(OC(F)(F)F)cc1)c1cccc(N2CCCCS2(=O)=O)c1. The number of rotatable bonds is 4. The molecule has 2 aromatic rings. The van der Waals surface area contributed by atoms with Gasteiger partial charge in [0.05, 0.1) is 11.4 Å². The third-order valence-electron chi connectivity index (χ3n) is 4.09. The second-order valence-electron chi connectivity index (χ2n) is 6.17. The van der Waals surface area contributed by atoms with Gasteiger partial charge in [-0.05, 0) is 55.3 Å². The predicted molar refractivity (Wildman–Crippen MR) is 97.9 cm³/mol. The molecule has 1 aliphatic rings. The molecule has 1 saturated heterocycles. The number of benzene rings is 2. The van der Waals surface area contributed by atoms with Crippen molar-refractivity contribution in [3.63, 3.8) is 0 Å². The molecule has 1 heterocycles. The van der Waals surface area contributed by atoms with Crippen molar-refractivity contribution < 1.29 is 31.1 Å². The number of anilines is 2. The Bertz CT molecular complexity index is 960. The Balaban J connectivity index is 1.73. The first-order valence-corrected chi connectivity index (χ1v) is 10.0. The fourth-order valence-corrected chi connectivity index (χ4v) is 4.46. The van der Waals surface area contributed by atoms with Crippen LogP contribution in [0.1, 0.15) is 23.2 Å². The summed E-state index contributed by atoms with van der Waals surface area (Å²) >= 11 is 0. The van der Waals surface area contributed by atoms with Crippen molar-refractivity contribution in [1.29, 1.82) is 0 Å². The fourth-order valence-electron chi connectivity index (χ4n) is 2.82. The predicted octanol–water partition coefficient (Wildman–Crippen LogP) is 3.77. The minimum absolute atomic E-state index is 0.0652. The minimum Gasteiger partial charge on any atom is -0.406 e. The molecular formula is C18H17F3N2O4S. The zero-order valence-electron chi connectivity index (χ0n) is 14.6. The van der Waals surface area contributed by atoms with Gasteiger partial charge in [0.15, 0.2) is 0 Å². The first kappa shape index (κ1) is 20.0. The molecule has 1 amide bonds. The zero-order chi connectivity index (χ0) is 20.4. The number of carbonyl (C=O) groups excluding carboxylic acids is 1. The Morgan fingerprint density at radius 3 is 2.43 bits per heavy atom. The molecule has 0 spiro atoms. The van der Waals surface area contributed by atoms with Crippen molar-refractivity contribution in [3.05, 3.63) is 54.1 Å². The van der Waals surface area contributed by atoms with Crippen LogP contribution in [0.3, 0.4) is 0 Å². The lowest BCUT2D eigenvalue weighted by Crippen LogP contribution is -2.37. The van der Waals surface area contributed by atoms with Gasteiger partial charge in [0.25, 0.3) is 5.91 Å². The van der Waals surface area contributed by atoms with Gasteiger partial charge in [-0.1, -0.05) is 6.07 Å². The first-order valence-electron chi connectivity index (χ1n) is 8.42. The highest BCUT2D eigenvalue weighted by molar-refractivity contribution is 7.92. The molecule has 0 aromatic heterocycles. The van der Waals surface area contributed by atoms with Crippen LogP contribution in [0.5, 0.6) is 5.75 Å². The van der Waals surface area contributed by atoms with E-state index in [1.807, 2.05) is 0 Å². The van der Waals surface area contributed by atoms with Gasteiger partial charge in [-0.2, -0.15) is 0 Å². The number of nitrogens with zero attached hydrogens (tertiary/aromatic N) is 1. The highest BCUT2D eigenvalue weighted by atomic mass is 32.2. The molecular weight excluding hydrogens is 397 g/mol.